The van der Waals surface area contributed by atoms with Crippen molar-refractivity contribution in [3.63, 3.8) is 0 Å². The zero-order valence-electron chi connectivity index (χ0n) is 9.65. The Labute approximate surface area is 104 Å². The third kappa shape index (κ3) is 2.66. The molecule has 1 aliphatic heterocycles. The molecule has 0 bridgehead atoms. The summed E-state index contributed by atoms with van der Waals surface area (Å²) in [6.45, 7) is 1.24. The molecule has 17 heavy (non-hydrogen) atoms. The van der Waals surface area contributed by atoms with Crippen LogP contribution in [-0.4, -0.2) is 23.6 Å². The van der Waals surface area contributed by atoms with Crippen molar-refractivity contribution in [1.82, 2.24) is 10.3 Å². The minimum Gasteiger partial charge on any atom is -0.368 e. The minimum absolute atomic E-state index is 0.00321. The van der Waals surface area contributed by atoms with Crippen molar-refractivity contribution in [3.8, 4) is 0 Å². The summed E-state index contributed by atoms with van der Waals surface area (Å²) in [5.74, 6) is 0.700. The van der Waals surface area contributed by atoms with Crippen molar-refractivity contribution in [2.45, 2.75) is 44.2 Å². The van der Waals surface area contributed by atoms with Crippen molar-refractivity contribution in [3.05, 3.63) is 16.1 Å². The molecule has 1 aliphatic carbocycles. The summed E-state index contributed by atoms with van der Waals surface area (Å²) < 4.78 is 5.33. The molecule has 1 atom stereocenters. The molecule has 1 unspecified atom stereocenters. The molecular formula is C12H16N2O2S. The lowest BCUT2D eigenvalue weighted by Crippen LogP contribution is -2.33. The highest BCUT2D eigenvalue weighted by molar-refractivity contribution is 7.09. The average molecular weight is 252 g/mol. The summed E-state index contributed by atoms with van der Waals surface area (Å²) in [5.41, 5.74) is 0.975. The molecule has 5 heteroatoms. The van der Waals surface area contributed by atoms with Crippen molar-refractivity contribution in [2.24, 2.45) is 0 Å². The second-order valence-electron chi connectivity index (χ2n) is 4.67. The quantitative estimate of drug-likeness (QED) is 0.889. The van der Waals surface area contributed by atoms with Crippen LogP contribution in [-0.2, 0) is 16.1 Å². The molecule has 1 saturated carbocycles. The van der Waals surface area contributed by atoms with Gasteiger partial charge in [0.05, 0.1) is 17.2 Å². The van der Waals surface area contributed by atoms with Crippen LogP contribution in [0.5, 0.6) is 0 Å². The standard InChI is InChI=1S/C12H16N2O2S/c15-11(10-2-1-5-16-10)13-6-9-7-17-12(14-9)8-3-4-8/h7-8,10H,1-6H2,(H,13,15). The van der Waals surface area contributed by atoms with Gasteiger partial charge in [0.25, 0.3) is 0 Å². The zero-order chi connectivity index (χ0) is 11.7. The van der Waals surface area contributed by atoms with Crippen molar-refractivity contribution >= 4 is 17.2 Å². The number of hydrogen-bond acceptors (Lipinski definition) is 4. The van der Waals surface area contributed by atoms with E-state index in [-0.39, 0.29) is 12.0 Å². The maximum atomic E-state index is 11.7. The van der Waals surface area contributed by atoms with E-state index < -0.39 is 0 Å². The summed E-state index contributed by atoms with van der Waals surface area (Å²) in [4.78, 5) is 16.2. The molecule has 2 aliphatic rings. The SMILES string of the molecule is O=C(NCc1csc(C2CC2)n1)C1CCCO1. The first kappa shape index (κ1) is 11.2. The largest absolute Gasteiger partial charge is 0.368 e. The van der Waals surface area contributed by atoms with Crippen molar-refractivity contribution < 1.29 is 9.53 Å². The molecule has 1 aromatic rings. The predicted molar refractivity (Wildman–Crippen MR) is 64.9 cm³/mol. The van der Waals surface area contributed by atoms with Gasteiger partial charge in [-0.3, -0.25) is 4.79 Å². The summed E-state index contributed by atoms with van der Waals surface area (Å²) in [7, 11) is 0. The Bertz CT molecular complexity index is 408. The second-order valence-corrected chi connectivity index (χ2v) is 5.56. The fraction of sp³-hybridized carbons (Fsp3) is 0.667. The van der Waals surface area contributed by atoms with E-state index in [1.165, 1.54) is 17.8 Å². The molecule has 1 amide bonds. The van der Waals surface area contributed by atoms with Crippen LogP contribution >= 0.6 is 11.3 Å². The molecule has 1 aromatic heterocycles. The van der Waals surface area contributed by atoms with Gasteiger partial charge < -0.3 is 10.1 Å². The first-order valence-corrected chi connectivity index (χ1v) is 7.04. The van der Waals surface area contributed by atoms with E-state index in [1.807, 2.05) is 5.38 Å². The van der Waals surface area contributed by atoms with Crippen LogP contribution in [0.2, 0.25) is 0 Å². The summed E-state index contributed by atoms with van der Waals surface area (Å²) in [6.07, 6.45) is 4.14. The second kappa shape index (κ2) is 4.74. The number of amides is 1. The number of carbonyl (C=O) groups excluding carboxylic acids is 1. The van der Waals surface area contributed by atoms with E-state index in [2.05, 4.69) is 10.3 Å². The number of rotatable bonds is 4. The highest BCUT2D eigenvalue weighted by atomic mass is 32.1. The Balaban J connectivity index is 1.50. The third-order valence-corrected chi connectivity index (χ3v) is 4.22. The number of nitrogens with one attached hydrogen (secondary N) is 1. The van der Waals surface area contributed by atoms with Crippen LogP contribution in [0.1, 0.15) is 42.3 Å². The minimum atomic E-state index is -0.239. The van der Waals surface area contributed by atoms with Crippen LogP contribution < -0.4 is 5.32 Å². The van der Waals surface area contributed by atoms with Crippen LogP contribution in [0, 0.1) is 0 Å². The monoisotopic (exact) mass is 252 g/mol. The first-order chi connectivity index (χ1) is 8.33. The lowest BCUT2D eigenvalue weighted by molar-refractivity contribution is -0.130. The topological polar surface area (TPSA) is 51.2 Å². The van der Waals surface area contributed by atoms with Gasteiger partial charge in [-0.2, -0.15) is 0 Å². The van der Waals surface area contributed by atoms with Gasteiger partial charge in [-0.1, -0.05) is 0 Å². The Kier molecular flexibility index (Phi) is 3.11. The molecule has 2 fully saturated rings. The third-order valence-electron chi connectivity index (χ3n) is 3.16. The van der Waals surface area contributed by atoms with Crippen molar-refractivity contribution in [2.75, 3.05) is 6.61 Å². The summed E-state index contributed by atoms with van der Waals surface area (Å²) in [6, 6.07) is 0. The lowest BCUT2D eigenvalue weighted by Gasteiger charge is -2.08. The van der Waals surface area contributed by atoms with Crippen LogP contribution in [0.4, 0.5) is 0 Å². The molecule has 1 saturated heterocycles. The van der Waals surface area contributed by atoms with Gasteiger partial charge in [0.15, 0.2) is 0 Å². The maximum Gasteiger partial charge on any atom is 0.249 e. The summed E-state index contributed by atoms with van der Waals surface area (Å²) in [5, 5.41) is 6.17. The molecule has 3 rings (SSSR count). The Morgan fingerprint density at radius 3 is 3.12 bits per heavy atom. The van der Waals surface area contributed by atoms with Crippen molar-refractivity contribution in [1.29, 1.82) is 0 Å². The number of aromatic nitrogens is 1. The fourth-order valence-electron chi connectivity index (χ4n) is 2.00. The highest BCUT2D eigenvalue weighted by Crippen LogP contribution is 2.41. The number of carbonyl (C=O) groups is 1. The van der Waals surface area contributed by atoms with Crippen LogP contribution in [0.25, 0.3) is 0 Å². The molecule has 92 valence electrons. The Hall–Kier alpha value is -0.940. The van der Waals surface area contributed by atoms with Crippen LogP contribution in [0.15, 0.2) is 5.38 Å². The van der Waals surface area contributed by atoms with E-state index in [0.717, 1.165) is 18.5 Å². The van der Waals surface area contributed by atoms with E-state index in [4.69, 9.17) is 4.74 Å². The van der Waals surface area contributed by atoms with Gasteiger partial charge in [-0.05, 0) is 25.7 Å². The number of ether oxygens (including phenoxy) is 1. The fourth-order valence-corrected chi connectivity index (χ4v) is 2.99. The Morgan fingerprint density at radius 2 is 2.41 bits per heavy atom. The van der Waals surface area contributed by atoms with Gasteiger partial charge in [0, 0.05) is 17.9 Å². The molecule has 0 radical (unpaired) electrons. The normalized spacial score (nSPS) is 23.9. The highest BCUT2D eigenvalue weighted by Gasteiger charge is 2.27. The molecular weight excluding hydrogens is 236 g/mol. The molecule has 0 spiro atoms. The van der Waals surface area contributed by atoms with E-state index in [0.29, 0.717) is 19.1 Å². The first-order valence-electron chi connectivity index (χ1n) is 6.16. The number of thiazole rings is 1. The van der Waals surface area contributed by atoms with Gasteiger partial charge in [0.2, 0.25) is 5.91 Å². The molecule has 1 N–H and O–H groups in total. The van der Waals surface area contributed by atoms with E-state index >= 15 is 0 Å². The lowest BCUT2D eigenvalue weighted by atomic mass is 10.2. The van der Waals surface area contributed by atoms with E-state index in [9.17, 15) is 4.79 Å². The smallest absolute Gasteiger partial charge is 0.249 e. The van der Waals surface area contributed by atoms with Gasteiger partial charge >= 0.3 is 0 Å². The van der Waals surface area contributed by atoms with Gasteiger partial charge in [-0.15, -0.1) is 11.3 Å². The summed E-state index contributed by atoms with van der Waals surface area (Å²) >= 11 is 1.71. The number of nitrogens with zero attached hydrogens (tertiary/aromatic N) is 1. The molecule has 2 heterocycles. The van der Waals surface area contributed by atoms with Gasteiger partial charge in [-0.25, -0.2) is 4.98 Å². The number of hydrogen-bond donors (Lipinski definition) is 1. The average Bonchev–Trinajstić information content (AvgIpc) is 2.88. The molecule has 4 nitrogen and oxygen atoms in total. The predicted octanol–water partition coefficient (Wildman–Crippen LogP) is 1.82. The Morgan fingerprint density at radius 1 is 1.53 bits per heavy atom. The zero-order valence-corrected chi connectivity index (χ0v) is 10.5. The van der Waals surface area contributed by atoms with E-state index in [1.54, 1.807) is 11.3 Å². The van der Waals surface area contributed by atoms with Gasteiger partial charge in [0.1, 0.15) is 6.10 Å². The van der Waals surface area contributed by atoms with Crippen LogP contribution in [0.3, 0.4) is 0 Å². The molecule has 0 aromatic carbocycles. The maximum absolute atomic E-state index is 11.7.